The molecular weight excluding hydrogens is 342 g/mol. The quantitative estimate of drug-likeness (QED) is 0.711. The molecule has 0 unspecified atom stereocenters. The van der Waals surface area contributed by atoms with Gasteiger partial charge in [0.15, 0.2) is 5.11 Å². The highest BCUT2D eigenvalue weighted by Crippen LogP contribution is 2.29. The third-order valence-electron chi connectivity index (χ3n) is 3.03. The molecule has 0 aliphatic heterocycles. The Bertz CT molecular complexity index is 680. The molecule has 0 saturated heterocycles. The summed E-state index contributed by atoms with van der Waals surface area (Å²) in [6, 6.07) is 12.3. The van der Waals surface area contributed by atoms with Crippen molar-refractivity contribution in [2.24, 2.45) is 0 Å². The maximum absolute atomic E-state index is 12.2. The molecule has 0 aliphatic rings. The molecule has 0 heterocycles. The van der Waals surface area contributed by atoms with Gasteiger partial charge in [0, 0.05) is 11.4 Å². The lowest BCUT2D eigenvalue weighted by Crippen LogP contribution is -2.19. The lowest BCUT2D eigenvalue weighted by atomic mass is 10.1. The molecule has 0 saturated carbocycles. The molecule has 2 N–H and O–H groups in total. The summed E-state index contributed by atoms with van der Waals surface area (Å²) in [4.78, 5) is 0. The fourth-order valence-electron chi connectivity index (χ4n) is 1.89. The van der Waals surface area contributed by atoms with E-state index >= 15 is 0 Å². The second kappa shape index (κ2) is 8.08. The van der Waals surface area contributed by atoms with Gasteiger partial charge in [0.2, 0.25) is 0 Å². The zero-order valence-corrected chi connectivity index (χ0v) is 13.8. The standard InChI is InChI=1S/C16H15ClF2N2OS/c1-2-10-3-5-11(6-4-10)20-16(23)21-12-7-8-14(13(17)9-12)22-15(18)19/h3-9,15H,2H2,1H3,(H2,20,21,23). The van der Waals surface area contributed by atoms with Gasteiger partial charge in [0.25, 0.3) is 0 Å². The second-order valence-electron chi connectivity index (χ2n) is 4.65. The lowest BCUT2D eigenvalue weighted by Gasteiger charge is -2.12. The smallest absolute Gasteiger partial charge is 0.387 e. The topological polar surface area (TPSA) is 33.3 Å². The van der Waals surface area contributed by atoms with E-state index < -0.39 is 6.61 Å². The number of hydrogen-bond acceptors (Lipinski definition) is 2. The van der Waals surface area contributed by atoms with E-state index in [0.29, 0.717) is 10.8 Å². The molecule has 0 aromatic heterocycles. The number of alkyl halides is 2. The molecule has 0 aliphatic carbocycles. The summed E-state index contributed by atoms with van der Waals surface area (Å²) in [5.41, 5.74) is 2.65. The van der Waals surface area contributed by atoms with Gasteiger partial charge in [-0.3, -0.25) is 0 Å². The Morgan fingerprint density at radius 1 is 1.13 bits per heavy atom. The minimum atomic E-state index is -2.92. The summed E-state index contributed by atoms with van der Waals surface area (Å²) in [5, 5.41) is 6.41. The van der Waals surface area contributed by atoms with Crippen LogP contribution in [0.25, 0.3) is 0 Å². The zero-order valence-electron chi connectivity index (χ0n) is 12.3. The highest BCUT2D eigenvalue weighted by atomic mass is 35.5. The third kappa shape index (κ3) is 5.33. The van der Waals surface area contributed by atoms with Gasteiger partial charge in [-0.25, -0.2) is 0 Å². The molecule has 2 rings (SSSR count). The van der Waals surface area contributed by atoms with E-state index in [1.807, 2.05) is 24.3 Å². The average Bonchev–Trinajstić information content (AvgIpc) is 2.50. The first-order valence-corrected chi connectivity index (χ1v) is 7.68. The van der Waals surface area contributed by atoms with Crippen molar-refractivity contribution in [2.45, 2.75) is 20.0 Å². The van der Waals surface area contributed by atoms with Crippen LogP contribution in [0.2, 0.25) is 5.02 Å². The summed E-state index contributed by atoms with van der Waals surface area (Å²) < 4.78 is 28.6. The maximum atomic E-state index is 12.2. The number of aryl methyl sites for hydroxylation is 1. The predicted molar refractivity (Wildman–Crippen MR) is 93.7 cm³/mol. The number of benzene rings is 2. The van der Waals surface area contributed by atoms with Gasteiger partial charge in [-0.05, 0) is 54.5 Å². The van der Waals surface area contributed by atoms with Crippen LogP contribution < -0.4 is 15.4 Å². The molecule has 23 heavy (non-hydrogen) atoms. The van der Waals surface area contributed by atoms with Gasteiger partial charge in [0.1, 0.15) is 5.75 Å². The van der Waals surface area contributed by atoms with Crippen molar-refractivity contribution in [3.05, 3.63) is 53.1 Å². The summed E-state index contributed by atoms with van der Waals surface area (Å²) in [5.74, 6) is -0.0822. The summed E-state index contributed by atoms with van der Waals surface area (Å²) in [6.07, 6.45) is 0.967. The van der Waals surface area contributed by atoms with Crippen molar-refractivity contribution >= 4 is 40.3 Å². The van der Waals surface area contributed by atoms with Gasteiger partial charge < -0.3 is 15.4 Å². The SMILES string of the molecule is CCc1ccc(NC(=S)Nc2ccc(OC(F)F)c(Cl)c2)cc1. The fourth-order valence-corrected chi connectivity index (χ4v) is 2.35. The van der Waals surface area contributed by atoms with Gasteiger partial charge in [-0.2, -0.15) is 8.78 Å². The van der Waals surface area contributed by atoms with Crippen molar-refractivity contribution in [3.8, 4) is 5.75 Å². The molecule has 0 spiro atoms. The fraction of sp³-hybridized carbons (Fsp3) is 0.188. The zero-order chi connectivity index (χ0) is 16.8. The van der Waals surface area contributed by atoms with Gasteiger partial charge >= 0.3 is 6.61 Å². The van der Waals surface area contributed by atoms with Gasteiger partial charge in [0.05, 0.1) is 5.02 Å². The molecule has 0 radical (unpaired) electrons. The van der Waals surface area contributed by atoms with Crippen LogP contribution >= 0.6 is 23.8 Å². The number of ether oxygens (including phenoxy) is 1. The van der Waals surface area contributed by atoms with Crippen LogP contribution in [0.4, 0.5) is 20.2 Å². The number of rotatable bonds is 5. The molecule has 2 aromatic carbocycles. The van der Waals surface area contributed by atoms with Crippen molar-refractivity contribution in [1.82, 2.24) is 0 Å². The minimum absolute atomic E-state index is 0.0744. The van der Waals surface area contributed by atoms with Crippen LogP contribution in [0.15, 0.2) is 42.5 Å². The highest BCUT2D eigenvalue weighted by Gasteiger charge is 2.09. The molecule has 122 valence electrons. The number of anilines is 2. The Hall–Kier alpha value is -1.92. The highest BCUT2D eigenvalue weighted by molar-refractivity contribution is 7.80. The van der Waals surface area contributed by atoms with Crippen molar-refractivity contribution < 1.29 is 13.5 Å². The van der Waals surface area contributed by atoms with E-state index in [1.54, 1.807) is 6.07 Å². The first-order chi connectivity index (χ1) is 11.0. The number of thiocarbonyl (C=S) groups is 1. The largest absolute Gasteiger partial charge is 0.433 e. The molecule has 2 aromatic rings. The van der Waals surface area contributed by atoms with Crippen LogP contribution in [0.3, 0.4) is 0 Å². The van der Waals surface area contributed by atoms with Crippen molar-refractivity contribution in [1.29, 1.82) is 0 Å². The average molecular weight is 357 g/mol. The summed E-state index contributed by atoms with van der Waals surface area (Å²) >= 11 is 11.1. The first-order valence-electron chi connectivity index (χ1n) is 6.89. The summed E-state index contributed by atoms with van der Waals surface area (Å²) in [7, 11) is 0. The van der Waals surface area contributed by atoms with E-state index in [0.717, 1.165) is 12.1 Å². The number of nitrogens with one attached hydrogen (secondary N) is 2. The third-order valence-corrected chi connectivity index (χ3v) is 3.53. The van der Waals surface area contributed by atoms with E-state index in [2.05, 4.69) is 22.3 Å². The number of halogens is 3. The van der Waals surface area contributed by atoms with Crippen LogP contribution in [-0.2, 0) is 6.42 Å². The Morgan fingerprint density at radius 2 is 1.74 bits per heavy atom. The van der Waals surface area contributed by atoms with E-state index in [4.69, 9.17) is 23.8 Å². The molecule has 0 amide bonds. The van der Waals surface area contributed by atoms with Crippen molar-refractivity contribution in [3.63, 3.8) is 0 Å². The normalized spacial score (nSPS) is 10.5. The number of hydrogen-bond donors (Lipinski definition) is 2. The van der Waals surface area contributed by atoms with Gasteiger partial charge in [-0.1, -0.05) is 30.7 Å². The Labute approximate surface area is 143 Å². The lowest BCUT2D eigenvalue weighted by molar-refractivity contribution is -0.0497. The second-order valence-corrected chi connectivity index (χ2v) is 5.47. The maximum Gasteiger partial charge on any atom is 0.387 e. The van der Waals surface area contributed by atoms with Crippen molar-refractivity contribution in [2.75, 3.05) is 10.6 Å². The van der Waals surface area contributed by atoms with E-state index in [1.165, 1.54) is 17.7 Å². The predicted octanol–water partition coefficient (Wildman–Crippen LogP) is 5.31. The minimum Gasteiger partial charge on any atom is -0.433 e. The molecule has 0 fully saturated rings. The molecule has 7 heteroatoms. The first kappa shape index (κ1) is 17.4. The molecule has 0 bridgehead atoms. The van der Waals surface area contributed by atoms with Crippen LogP contribution in [-0.4, -0.2) is 11.7 Å². The Balaban J connectivity index is 1.98. The Kier molecular flexibility index (Phi) is 6.12. The summed E-state index contributed by atoms with van der Waals surface area (Å²) in [6.45, 7) is -0.833. The molecular formula is C16H15ClF2N2OS. The van der Waals surface area contributed by atoms with Crippen LogP contribution in [0.5, 0.6) is 5.75 Å². The van der Waals surface area contributed by atoms with Gasteiger partial charge in [-0.15, -0.1) is 0 Å². The van der Waals surface area contributed by atoms with Crippen LogP contribution in [0.1, 0.15) is 12.5 Å². The van der Waals surface area contributed by atoms with E-state index in [-0.39, 0.29) is 10.8 Å². The van der Waals surface area contributed by atoms with E-state index in [9.17, 15) is 8.78 Å². The molecule has 3 nitrogen and oxygen atoms in total. The monoisotopic (exact) mass is 356 g/mol. The van der Waals surface area contributed by atoms with Crippen LogP contribution in [0, 0.1) is 0 Å². The molecule has 0 atom stereocenters. The Morgan fingerprint density at radius 3 is 2.30 bits per heavy atom.